The average Bonchev–Trinajstić information content (AvgIpc) is 2.02. The fourth-order valence-corrected chi connectivity index (χ4v) is 0.865. The Morgan fingerprint density at radius 2 is 1.82 bits per heavy atom. The van der Waals surface area contributed by atoms with Gasteiger partial charge in [0.15, 0.2) is 0 Å². The molecule has 0 aliphatic heterocycles. The molecule has 0 fully saturated rings. The first-order valence-corrected chi connectivity index (χ1v) is 4.43. The number of hydrogen-bond donors (Lipinski definition) is 1. The van der Waals surface area contributed by atoms with Crippen LogP contribution >= 0.6 is 0 Å². The van der Waals surface area contributed by atoms with E-state index < -0.39 is 0 Å². The van der Waals surface area contributed by atoms with Crippen molar-refractivity contribution in [1.29, 1.82) is 0 Å². The summed E-state index contributed by atoms with van der Waals surface area (Å²) in [5.74, 6) is 0.129. The first kappa shape index (κ1) is 10.9. The Bertz CT molecular complexity index is 95.6. The standard InChI is InChI=1S/C9H20FN/c1-5-8(3)11-9(4)7(2)6-10/h7-9,11H,5-6H2,1-4H3/t7?,8?,9-/m0/s1. The molecule has 2 unspecified atom stereocenters. The van der Waals surface area contributed by atoms with Crippen LogP contribution in [0.25, 0.3) is 0 Å². The van der Waals surface area contributed by atoms with E-state index in [1.165, 1.54) is 0 Å². The summed E-state index contributed by atoms with van der Waals surface area (Å²) in [5, 5.41) is 3.34. The molecule has 0 saturated heterocycles. The molecule has 0 saturated carbocycles. The van der Waals surface area contributed by atoms with E-state index in [0.29, 0.717) is 6.04 Å². The van der Waals surface area contributed by atoms with Gasteiger partial charge in [-0.1, -0.05) is 13.8 Å². The van der Waals surface area contributed by atoms with E-state index >= 15 is 0 Å². The molecule has 2 heteroatoms. The van der Waals surface area contributed by atoms with Gasteiger partial charge in [0, 0.05) is 12.1 Å². The van der Waals surface area contributed by atoms with E-state index in [9.17, 15) is 4.39 Å². The van der Waals surface area contributed by atoms with Crippen LogP contribution in [0.4, 0.5) is 4.39 Å². The molecule has 0 spiro atoms. The summed E-state index contributed by atoms with van der Waals surface area (Å²) >= 11 is 0. The third-order valence-corrected chi connectivity index (χ3v) is 2.26. The highest BCUT2D eigenvalue weighted by Crippen LogP contribution is 2.04. The predicted octanol–water partition coefficient (Wildman–Crippen LogP) is 2.37. The molecule has 0 amide bonds. The van der Waals surface area contributed by atoms with Crippen molar-refractivity contribution in [2.75, 3.05) is 6.67 Å². The SMILES string of the molecule is CCC(C)N[C@@H](C)C(C)CF. The quantitative estimate of drug-likeness (QED) is 0.652. The van der Waals surface area contributed by atoms with Gasteiger partial charge in [0.2, 0.25) is 0 Å². The molecule has 3 atom stereocenters. The van der Waals surface area contributed by atoms with Crippen LogP contribution in [0, 0.1) is 5.92 Å². The molecule has 0 aromatic heterocycles. The monoisotopic (exact) mass is 161 g/mol. The van der Waals surface area contributed by atoms with Gasteiger partial charge >= 0.3 is 0 Å². The summed E-state index contributed by atoms with van der Waals surface area (Å²) in [5.41, 5.74) is 0. The fraction of sp³-hybridized carbons (Fsp3) is 1.00. The van der Waals surface area contributed by atoms with Crippen molar-refractivity contribution in [2.45, 2.75) is 46.2 Å². The van der Waals surface area contributed by atoms with E-state index in [0.717, 1.165) is 6.42 Å². The van der Waals surface area contributed by atoms with Crippen molar-refractivity contribution >= 4 is 0 Å². The maximum Gasteiger partial charge on any atom is 0.0934 e. The highest BCUT2D eigenvalue weighted by atomic mass is 19.1. The smallest absolute Gasteiger partial charge is 0.0934 e. The first-order chi connectivity index (χ1) is 5.11. The third kappa shape index (κ3) is 4.35. The van der Waals surface area contributed by atoms with Gasteiger partial charge in [-0.15, -0.1) is 0 Å². The molecule has 0 aliphatic carbocycles. The van der Waals surface area contributed by atoms with Crippen LogP contribution in [0.3, 0.4) is 0 Å². The molecule has 68 valence electrons. The Morgan fingerprint density at radius 1 is 1.27 bits per heavy atom. The molecule has 0 heterocycles. The molecular weight excluding hydrogens is 141 g/mol. The first-order valence-electron chi connectivity index (χ1n) is 4.43. The van der Waals surface area contributed by atoms with Gasteiger partial charge in [0.05, 0.1) is 6.67 Å². The lowest BCUT2D eigenvalue weighted by Crippen LogP contribution is -2.38. The largest absolute Gasteiger partial charge is 0.311 e. The maximum absolute atomic E-state index is 12.2. The van der Waals surface area contributed by atoms with E-state index in [1.54, 1.807) is 0 Å². The van der Waals surface area contributed by atoms with Crippen LogP contribution in [-0.4, -0.2) is 18.8 Å². The zero-order valence-electron chi connectivity index (χ0n) is 8.02. The minimum absolute atomic E-state index is 0.129. The van der Waals surface area contributed by atoms with Gasteiger partial charge in [-0.05, 0) is 26.2 Å². The Hall–Kier alpha value is -0.110. The van der Waals surface area contributed by atoms with Gasteiger partial charge in [-0.25, -0.2) is 0 Å². The van der Waals surface area contributed by atoms with Crippen molar-refractivity contribution in [3.63, 3.8) is 0 Å². The van der Waals surface area contributed by atoms with Gasteiger partial charge in [0.25, 0.3) is 0 Å². The number of rotatable bonds is 5. The zero-order valence-corrected chi connectivity index (χ0v) is 8.02. The summed E-state index contributed by atoms with van der Waals surface area (Å²) in [4.78, 5) is 0. The maximum atomic E-state index is 12.2. The Morgan fingerprint density at radius 3 is 2.18 bits per heavy atom. The fourth-order valence-electron chi connectivity index (χ4n) is 0.865. The van der Waals surface area contributed by atoms with Crippen molar-refractivity contribution in [2.24, 2.45) is 5.92 Å². The second-order valence-corrected chi connectivity index (χ2v) is 3.40. The van der Waals surface area contributed by atoms with Gasteiger partial charge in [-0.3, -0.25) is 4.39 Å². The normalized spacial score (nSPS) is 19.4. The van der Waals surface area contributed by atoms with Crippen LogP contribution in [-0.2, 0) is 0 Å². The van der Waals surface area contributed by atoms with Gasteiger partial charge < -0.3 is 5.32 Å². The number of hydrogen-bond acceptors (Lipinski definition) is 1. The highest BCUT2D eigenvalue weighted by Gasteiger charge is 2.12. The lowest BCUT2D eigenvalue weighted by atomic mass is 10.0. The van der Waals surface area contributed by atoms with Crippen molar-refractivity contribution in [3.8, 4) is 0 Å². The number of halogens is 1. The molecule has 1 nitrogen and oxygen atoms in total. The second kappa shape index (κ2) is 5.53. The molecule has 11 heavy (non-hydrogen) atoms. The van der Waals surface area contributed by atoms with E-state index in [2.05, 4.69) is 19.2 Å². The Labute approximate surface area is 69.4 Å². The molecule has 0 aromatic carbocycles. The van der Waals surface area contributed by atoms with Crippen molar-refractivity contribution in [1.82, 2.24) is 5.32 Å². The predicted molar refractivity (Wildman–Crippen MR) is 47.5 cm³/mol. The van der Waals surface area contributed by atoms with E-state index in [4.69, 9.17) is 0 Å². The van der Waals surface area contributed by atoms with E-state index in [1.807, 2.05) is 13.8 Å². The number of alkyl halides is 1. The summed E-state index contributed by atoms with van der Waals surface area (Å²) in [7, 11) is 0. The summed E-state index contributed by atoms with van der Waals surface area (Å²) in [6.45, 7) is 7.99. The lowest BCUT2D eigenvalue weighted by Gasteiger charge is -2.22. The minimum atomic E-state index is -0.232. The van der Waals surface area contributed by atoms with Crippen LogP contribution in [0.15, 0.2) is 0 Å². The minimum Gasteiger partial charge on any atom is -0.311 e. The molecule has 0 aromatic rings. The molecule has 1 N–H and O–H groups in total. The summed E-state index contributed by atoms with van der Waals surface area (Å²) in [6, 6.07) is 0.786. The summed E-state index contributed by atoms with van der Waals surface area (Å²) < 4.78 is 12.2. The van der Waals surface area contributed by atoms with Crippen molar-refractivity contribution < 1.29 is 4.39 Å². The van der Waals surface area contributed by atoms with E-state index in [-0.39, 0.29) is 18.6 Å². The van der Waals surface area contributed by atoms with Crippen LogP contribution in [0.5, 0.6) is 0 Å². The highest BCUT2D eigenvalue weighted by molar-refractivity contribution is 4.70. The van der Waals surface area contributed by atoms with Gasteiger partial charge in [-0.2, -0.15) is 0 Å². The molecule has 0 radical (unpaired) electrons. The summed E-state index contributed by atoms with van der Waals surface area (Å²) in [6.07, 6.45) is 1.10. The lowest BCUT2D eigenvalue weighted by molar-refractivity contribution is 0.293. The van der Waals surface area contributed by atoms with Gasteiger partial charge in [0.1, 0.15) is 0 Å². The topological polar surface area (TPSA) is 12.0 Å². The second-order valence-electron chi connectivity index (χ2n) is 3.40. The Balaban J connectivity index is 3.58. The zero-order chi connectivity index (χ0) is 8.85. The average molecular weight is 161 g/mol. The van der Waals surface area contributed by atoms with Crippen LogP contribution in [0.1, 0.15) is 34.1 Å². The van der Waals surface area contributed by atoms with Crippen LogP contribution in [0.2, 0.25) is 0 Å². The molecule has 0 aliphatic rings. The molecule has 0 bridgehead atoms. The number of nitrogens with one attached hydrogen (secondary N) is 1. The van der Waals surface area contributed by atoms with Crippen molar-refractivity contribution in [3.05, 3.63) is 0 Å². The van der Waals surface area contributed by atoms with Crippen LogP contribution < -0.4 is 5.32 Å². The molecular formula is C9H20FN. The third-order valence-electron chi connectivity index (χ3n) is 2.26. The molecule has 0 rings (SSSR count). The Kier molecular flexibility index (Phi) is 5.47.